The summed E-state index contributed by atoms with van der Waals surface area (Å²) in [6.45, 7) is 2.70. The zero-order valence-electron chi connectivity index (χ0n) is 29.2. The molecular weight excluding hydrogens is 540 g/mol. The van der Waals surface area contributed by atoms with Crippen molar-refractivity contribution in [3.63, 3.8) is 0 Å². The van der Waals surface area contributed by atoms with Crippen molar-refractivity contribution in [1.29, 1.82) is 0 Å². The molecular formula is C45H68. The Balaban J connectivity index is 1.03. The first-order valence-electron chi connectivity index (χ1n) is 22.2. The summed E-state index contributed by atoms with van der Waals surface area (Å²) in [5.74, 6) is 24.3. The average molecular weight is 609 g/mol. The second-order valence-corrected chi connectivity index (χ2v) is 21.8. The van der Waals surface area contributed by atoms with Crippen LogP contribution in [0.15, 0.2) is 0 Å². The van der Waals surface area contributed by atoms with Gasteiger partial charge in [0.2, 0.25) is 0 Å². The van der Waals surface area contributed by atoms with Crippen LogP contribution in [0, 0.1) is 130 Å². The molecule has 0 heterocycles. The van der Waals surface area contributed by atoms with Crippen LogP contribution in [0.25, 0.3) is 0 Å². The van der Waals surface area contributed by atoms with Gasteiger partial charge in [-0.1, -0.05) is 64.7 Å². The third-order valence-corrected chi connectivity index (χ3v) is 21.1. The van der Waals surface area contributed by atoms with Gasteiger partial charge in [-0.2, -0.15) is 0 Å². The third-order valence-electron chi connectivity index (χ3n) is 21.1. The molecule has 0 bridgehead atoms. The van der Waals surface area contributed by atoms with Crippen molar-refractivity contribution in [2.24, 2.45) is 130 Å². The minimum atomic E-state index is 0.815. The molecule has 12 saturated carbocycles. The second kappa shape index (κ2) is 9.82. The van der Waals surface area contributed by atoms with Crippen molar-refractivity contribution in [3.05, 3.63) is 0 Å². The summed E-state index contributed by atoms with van der Waals surface area (Å²) in [5, 5.41) is 0. The molecule has 22 unspecified atom stereocenters. The Morgan fingerprint density at radius 3 is 1.71 bits per heavy atom. The van der Waals surface area contributed by atoms with Gasteiger partial charge in [-0.25, -0.2) is 0 Å². The second-order valence-electron chi connectivity index (χ2n) is 21.8. The smallest absolute Gasteiger partial charge is 0.0193 e. The molecule has 0 radical (unpaired) electrons. The van der Waals surface area contributed by atoms with E-state index < -0.39 is 0 Å². The SMILES string of the molecule is CC1CC2CCC3CC4C5CC6CCCCC6C5CC5C6CC7C8CCCCC8CC8CCCCC8C7C6C6(CC(C1)C2C36)C45. The van der Waals surface area contributed by atoms with E-state index in [1.54, 1.807) is 141 Å². The van der Waals surface area contributed by atoms with Crippen LogP contribution in [-0.2, 0) is 0 Å². The molecule has 0 aromatic carbocycles. The highest BCUT2D eigenvalue weighted by Crippen LogP contribution is 2.85. The quantitative estimate of drug-likeness (QED) is 0.257. The van der Waals surface area contributed by atoms with Gasteiger partial charge in [0.15, 0.2) is 0 Å². The summed E-state index contributed by atoms with van der Waals surface area (Å²) < 4.78 is 0. The lowest BCUT2D eigenvalue weighted by Crippen LogP contribution is -2.57. The summed E-state index contributed by atoms with van der Waals surface area (Å²) in [4.78, 5) is 0. The Hall–Kier alpha value is 0. The van der Waals surface area contributed by atoms with E-state index in [9.17, 15) is 0 Å². The van der Waals surface area contributed by atoms with Crippen LogP contribution in [0.4, 0.5) is 0 Å². The zero-order valence-corrected chi connectivity index (χ0v) is 29.2. The van der Waals surface area contributed by atoms with E-state index in [0.717, 1.165) is 70.5 Å². The molecule has 12 rings (SSSR count). The summed E-state index contributed by atoms with van der Waals surface area (Å²) >= 11 is 0. The first-order chi connectivity index (χ1) is 22.2. The van der Waals surface area contributed by atoms with Gasteiger partial charge in [-0.15, -0.1) is 0 Å². The average Bonchev–Trinajstić information content (AvgIpc) is 3.77. The Bertz CT molecular complexity index is 1180. The maximum Gasteiger partial charge on any atom is -0.0193 e. The predicted octanol–water partition coefficient (Wildman–Crippen LogP) is 11.7. The van der Waals surface area contributed by atoms with E-state index in [1.165, 1.54) is 59.2 Å². The van der Waals surface area contributed by atoms with Crippen LogP contribution >= 0.6 is 0 Å². The van der Waals surface area contributed by atoms with Crippen molar-refractivity contribution in [2.45, 2.75) is 148 Å². The molecule has 248 valence electrons. The molecule has 0 heteroatoms. The fourth-order valence-electron chi connectivity index (χ4n) is 21.1. The first-order valence-corrected chi connectivity index (χ1v) is 22.2. The summed E-state index contributed by atoms with van der Waals surface area (Å²) in [6.07, 6.45) is 36.4. The molecule has 12 aliphatic rings. The molecule has 0 aliphatic heterocycles. The Morgan fingerprint density at radius 2 is 0.889 bits per heavy atom. The topological polar surface area (TPSA) is 0 Å². The highest BCUT2D eigenvalue weighted by molar-refractivity contribution is 5.27. The van der Waals surface area contributed by atoms with Gasteiger partial charge < -0.3 is 0 Å². The maximum absolute atomic E-state index is 2.70. The maximum atomic E-state index is 2.70. The minimum Gasteiger partial charge on any atom is -0.0625 e. The van der Waals surface area contributed by atoms with Crippen LogP contribution in [-0.4, -0.2) is 0 Å². The van der Waals surface area contributed by atoms with E-state index >= 15 is 0 Å². The first kappa shape index (κ1) is 27.8. The van der Waals surface area contributed by atoms with Crippen molar-refractivity contribution < 1.29 is 0 Å². The number of rotatable bonds is 0. The van der Waals surface area contributed by atoms with E-state index in [-0.39, 0.29) is 0 Å². The van der Waals surface area contributed by atoms with Crippen LogP contribution in [0.5, 0.6) is 0 Å². The zero-order chi connectivity index (χ0) is 29.2. The predicted molar refractivity (Wildman–Crippen MR) is 183 cm³/mol. The van der Waals surface area contributed by atoms with Gasteiger partial charge in [0.05, 0.1) is 0 Å². The Kier molecular flexibility index (Phi) is 6.07. The van der Waals surface area contributed by atoms with Gasteiger partial charge in [0, 0.05) is 0 Å². The van der Waals surface area contributed by atoms with Gasteiger partial charge in [0.1, 0.15) is 0 Å². The lowest BCUT2D eigenvalue weighted by Gasteiger charge is -2.62. The van der Waals surface area contributed by atoms with Crippen LogP contribution in [0.1, 0.15) is 148 Å². The molecule has 0 aromatic rings. The number of fused-ring (bicyclic) bond motifs is 12. The largest absolute Gasteiger partial charge is 0.0625 e. The monoisotopic (exact) mass is 609 g/mol. The summed E-state index contributed by atoms with van der Waals surface area (Å²) in [5.41, 5.74) is 0.815. The van der Waals surface area contributed by atoms with Crippen molar-refractivity contribution >= 4 is 0 Å². The fourth-order valence-corrected chi connectivity index (χ4v) is 21.1. The normalized spacial score (nSPS) is 66.5. The van der Waals surface area contributed by atoms with E-state index in [4.69, 9.17) is 0 Å². The lowest BCUT2D eigenvalue weighted by molar-refractivity contribution is -0.146. The molecule has 0 amide bonds. The molecule has 12 aliphatic carbocycles. The molecule has 1 spiro atoms. The van der Waals surface area contributed by atoms with Crippen molar-refractivity contribution in [1.82, 2.24) is 0 Å². The Labute approximate surface area is 277 Å². The van der Waals surface area contributed by atoms with E-state index in [2.05, 4.69) is 6.92 Å². The number of hydrogen-bond donors (Lipinski definition) is 0. The molecule has 0 N–H and O–H groups in total. The van der Waals surface area contributed by atoms with Crippen LogP contribution in [0.2, 0.25) is 0 Å². The molecule has 0 saturated heterocycles. The number of hydrogen-bond acceptors (Lipinski definition) is 0. The van der Waals surface area contributed by atoms with E-state index in [1.807, 2.05) is 0 Å². The van der Waals surface area contributed by atoms with Crippen molar-refractivity contribution in [3.8, 4) is 0 Å². The molecule has 0 aromatic heterocycles. The van der Waals surface area contributed by atoms with Gasteiger partial charge in [-0.3, -0.25) is 0 Å². The highest BCUT2D eigenvalue weighted by Gasteiger charge is 2.79. The minimum absolute atomic E-state index is 0.815. The third kappa shape index (κ3) is 3.50. The van der Waals surface area contributed by atoms with Gasteiger partial charge in [0.25, 0.3) is 0 Å². The lowest BCUT2D eigenvalue weighted by atomic mass is 9.42. The molecule has 0 nitrogen and oxygen atoms in total. The van der Waals surface area contributed by atoms with E-state index in [0.29, 0.717) is 0 Å². The van der Waals surface area contributed by atoms with Crippen molar-refractivity contribution in [2.75, 3.05) is 0 Å². The summed E-state index contributed by atoms with van der Waals surface area (Å²) in [6, 6.07) is 0. The summed E-state index contributed by atoms with van der Waals surface area (Å²) in [7, 11) is 0. The Morgan fingerprint density at radius 1 is 0.333 bits per heavy atom. The van der Waals surface area contributed by atoms with Gasteiger partial charge in [-0.05, 0) is 213 Å². The van der Waals surface area contributed by atoms with Crippen LogP contribution in [0.3, 0.4) is 0 Å². The molecule has 22 atom stereocenters. The van der Waals surface area contributed by atoms with Gasteiger partial charge >= 0.3 is 0 Å². The molecule has 45 heavy (non-hydrogen) atoms. The highest BCUT2D eigenvalue weighted by atomic mass is 14.8. The van der Waals surface area contributed by atoms with Crippen LogP contribution < -0.4 is 0 Å². The standard InChI is InChI=1S/C45H68/c1-24-16-28-14-15-29-20-37-34-19-27-10-3-5-11-31(27)35(34)21-38-39-22-36-32-12-6-2-8-25(32)18-26-9-4-7-13-33(26)41(36)44(39)45(43(37)38)23-30(17-24)40(28)42(29)45/h24-44H,2-23H2,1H3. The molecule has 12 fully saturated rings. The fraction of sp³-hybridized carbons (Fsp3) is 1.00.